The molecule has 0 aliphatic heterocycles. The van der Waals surface area contributed by atoms with Crippen LogP contribution in [0.4, 0.5) is 0 Å². The number of aryl methyl sites for hydroxylation is 2. The number of nitrogens with two attached hydrogens (primary N) is 1. The molecule has 5 heteroatoms. The van der Waals surface area contributed by atoms with Gasteiger partial charge in [-0.3, -0.25) is 4.79 Å². The highest BCUT2D eigenvalue weighted by atomic mass is 32.1. The zero-order valence-corrected chi connectivity index (χ0v) is 11.0. The van der Waals surface area contributed by atoms with Crippen LogP contribution in [0.5, 0.6) is 0 Å². The summed E-state index contributed by atoms with van der Waals surface area (Å²) in [5.41, 5.74) is 8.46. The van der Waals surface area contributed by atoms with Gasteiger partial charge in [0.25, 0.3) is 0 Å². The number of hydrogen-bond acceptors (Lipinski definition) is 4. The van der Waals surface area contributed by atoms with Gasteiger partial charge < -0.3 is 10.8 Å². The predicted molar refractivity (Wildman–Crippen MR) is 71.6 cm³/mol. The molecule has 4 nitrogen and oxygen atoms in total. The molecule has 0 saturated carbocycles. The van der Waals surface area contributed by atoms with Crippen molar-refractivity contribution in [2.45, 2.75) is 19.9 Å². The molecule has 0 aliphatic rings. The van der Waals surface area contributed by atoms with E-state index < -0.39 is 12.0 Å². The molecule has 0 fully saturated rings. The van der Waals surface area contributed by atoms with E-state index >= 15 is 0 Å². The molecule has 0 saturated heterocycles. The van der Waals surface area contributed by atoms with Crippen molar-refractivity contribution in [3.8, 4) is 10.6 Å². The molecule has 18 heavy (non-hydrogen) atoms. The summed E-state index contributed by atoms with van der Waals surface area (Å²) < 4.78 is 0. The molecule has 1 heterocycles. The Kier molecular flexibility index (Phi) is 3.45. The first-order valence-corrected chi connectivity index (χ1v) is 6.34. The number of benzene rings is 1. The molecule has 1 atom stereocenters. The Hall–Kier alpha value is -1.72. The summed E-state index contributed by atoms with van der Waals surface area (Å²) in [6.45, 7) is 3.79. The topological polar surface area (TPSA) is 76.2 Å². The quantitative estimate of drug-likeness (QED) is 0.891. The molecule has 94 valence electrons. The predicted octanol–water partition coefficient (Wildman–Crippen LogP) is 2.51. The molecule has 1 unspecified atom stereocenters. The number of rotatable bonds is 3. The summed E-state index contributed by atoms with van der Waals surface area (Å²) in [4.78, 5) is 16.0. The van der Waals surface area contributed by atoms with Crippen LogP contribution < -0.4 is 5.73 Å². The van der Waals surface area contributed by atoms with Crippen LogP contribution in [0.25, 0.3) is 10.6 Å². The van der Waals surface area contributed by atoms with E-state index in [1.54, 1.807) is 6.92 Å². The summed E-state index contributed by atoms with van der Waals surface area (Å²) >= 11 is 1.35. The van der Waals surface area contributed by atoms with Crippen molar-refractivity contribution in [2.24, 2.45) is 5.73 Å². The van der Waals surface area contributed by atoms with E-state index in [0.29, 0.717) is 10.6 Å². The van der Waals surface area contributed by atoms with Crippen molar-refractivity contribution in [2.75, 3.05) is 0 Å². The smallest absolute Gasteiger partial charge is 0.326 e. The molecule has 0 amide bonds. The summed E-state index contributed by atoms with van der Waals surface area (Å²) in [5, 5.41) is 9.77. The van der Waals surface area contributed by atoms with Gasteiger partial charge in [-0.1, -0.05) is 24.3 Å². The van der Waals surface area contributed by atoms with Gasteiger partial charge in [0, 0.05) is 5.56 Å². The van der Waals surface area contributed by atoms with Gasteiger partial charge in [-0.05, 0) is 19.4 Å². The number of carboxylic acid groups (broad SMARTS) is 1. The fourth-order valence-corrected chi connectivity index (χ4v) is 2.89. The lowest BCUT2D eigenvalue weighted by atomic mass is 10.1. The number of aromatic nitrogens is 1. The minimum absolute atomic E-state index is 0.612. The maximum atomic E-state index is 10.9. The van der Waals surface area contributed by atoms with E-state index in [1.807, 2.05) is 31.2 Å². The first kappa shape index (κ1) is 12.7. The molecule has 3 N–H and O–H groups in total. The highest BCUT2D eigenvalue weighted by Crippen LogP contribution is 2.32. The van der Waals surface area contributed by atoms with Crippen LogP contribution in [0.2, 0.25) is 0 Å². The summed E-state index contributed by atoms with van der Waals surface area (Å²) in [5.74, 6) is -1.03. The second kappa shape index (κ2) is 4.88. The maximum absolute atomic E-state index is 10.9. The zero-order chi connectivity index (χ0) is 13.3. The lowest BCUT2D eigenvalue weighted by Gasteiger charge is -2.03. The van der Waals surface area contributed by atoms with Gasteiger partial charge in [0.15, 0.2) is 0 Å². The Balaban J connectivity index is 2.47. The van der Waals surface area contributed by atoms with Crippen LogP contribution >= 0.6 is 11.3 Å². The van der Waals surface area contributed by atoms with Crippen molar-refractivity contribution in [3.05, 3.63) is 40.4 Å². The highest BCUT2D eigenvalue weighted by Gasteiger charge is 2.21. The number of carbonyl (C=O) groups is 1. The Morgan fingerprint density at radius 3 is 2.67 bits per heavy atom. The van der Waals surface area contributed by atoms with Gasteiger partial charge in [0.2, 0.25) is 0 Å². The minimum atomic E-state index is -1.03. The summed E-state index contributed by atoms with van der Waals surface area (Å²) in [6.07, 6.45) is 0. The lowest BCUT2D eigenvalue weighted by Crippen LogP contribution is -2.20. The van der Waals surface area contributed by atoms with Crippen molar-refractivity contribution >= 4 is 17.3 Å². The van der Waals surface area contributed by atoms with E-state index in [1.165, 1.54) is 11.3 Å². The second-order valence-corrected chi connectivity index (χ2v) is 5.13. The SMILES string of the molecule is Cc1ccccc1-c1nc(C)c(C(N)C(=O)O)s1. The average Bonchev–Trinajstić information content (AvgIpc) is 2.70. The van der Waals surface area contributed by atoms with Crippen LogP contribution in [0.15, 0.2) is 24.3 Å². The molecule has 0 spiro atoms. The maximum Gasteiger partial charge on any atom is 0.326 e. The van der Waals surface area contributed by atoms with Gasteiger partial charge in [-0.2, -0.15) is 0 Å². The normalized spacial score (nSPS) is 12.4. The van der Waals surface area contributed by atoms with E-state index in [9.17, 15) is 4.79 Å². The van der Waals surface area contributed by atoms with Gasteiger partial charge in [-0.15, -0.1) is 11.3 Å². The van der Waals surface area contributed by atoms with Crippen LogP contribution in [0, 0.1) is 13.8 Å². The number of carboxylic acids is 1. The first-order chi connectivity index (χ1) is 8.50. The highest BCUT2D eigenvalue weighted by molar-refractivity contribution is 7.15. The molecule has 2 rings (SSSR count). The Bertz CT molecular complexity index is 592. The molecule has 1 aromatic carbocycles. The molecule has 2 aromatic rings. The molecule has 0 radical (unpaired) electrons. The van der Waals surface area contributed by atoms with Crippen LogP contribution in [-0.2, 0) is 4.79 Å². The average molecular weight is 262 g/mol. The molecular formula is C13H14N2O2S. The van der Waals surface area contributed by atoms with Crippen molar-refractivity contribution in [1.82, 2.24) is 4.98 Å². The minimum Gasteiger partial charge on any atom is -0.480 e. The van der Waals surface area contributed by atoms with E-state index in [2.05, 4.69) is 4.98 Å². The van der Waals surface area contributed by atoms with E-state index in [0.717, 1.165) is 16.1 Å². The molecule has 0 bridgehead atoms. The van der Waals surface area contributed by atoms with Gasteiger partial charge >= 0.3 is 5.97 Å². The standard InChI is InChI=1S/C13H14N2O2S/c1-7-5-3-4-6-9(7)12-15-8(2)11(18-12)10(14)13(16)17/h3-6,10H,14H2,1-2H3,(H,16,17). The van der Waals surface area contributed by atoms with Gasteiger partial charge in [-0.25, -0.2) is 4.98 Å². The fourth-order valence-electron chi connectivity index (χ4n) is 1.74. The fraction of sp³-hybridized carbons (Fsp3) is 0.231. The van der Waals surface area contributed by atoms with Crippen molar-refractivity contribution in [3.63, 3.8) is 0 Å². The third kappa shape index (κ3) is 2.27. The Labute approximate surface area is 109 Å². The Morgan fingerprint density at radius 1 is 1.39 bits per heavy atom. The number of hydrogen-bond donors (Lipinski definition) is 2. The van der Waals surface area contributed by atoms with Crippen molar-refractivity contribution in [1.29, 1.82) is 0 Å². The first-order valence-electron chi connectivity index (χ1n) is 5.52. The number of nitrogens with zero attached hydrogens (tertiary/aromatic N) is 1. The molecular weight excluding hydrogens is 248 g/mol. The number of aliphatic carboxylic acids is 1. The largest absolute Gasteiger partial charge is 0.480 e. The van der Waals surface area contributed by atoms with E-state index in [-0.39, 0.29) is 0 Å². The summed E-state index contributed by atoms with van der Waals surface area (Å²) in [7, 11) is 0. The molecule has 1 aromatic heterocycles. The van der Waals surface area contributed by atoms with Crippen molar-refractivity contribution < 1.29 is 9.90 Å². The second-order valence-electron chi connectivity index (χ2n) is 4.10. The van der Waals surface area contributed by atoms with Crippen LogP contribution in [0.1, 0.15) is 22.2 Å². The van der Waals surface area contributed by atoms with E-state index in [4.69, 9.17) is 10.8 Å². The number of thiazole rings is 1. The Morgan fingerprint density at radius 2 is 2.06 bits per heavy atom. The van der Waals surface area contributed by atoms with Gasteiger partial charge in [0.05, 0.1) is 10.6 Å². The van der Waals surface area contributed by atoms with Crippen LogP contribution in [-0.4, -0.2) is 16.1 Å². The summed E-state index contributed by atoms with van der Waals surface area (Å²) in [6, 6.07) is 6.88. The van der Waals surface area contributed by atoms with Crippen LogP contribution in [0.3, 0.4) is 0 Å². The third-order valence-corrected chi connectivity index (χ3v) is 4.03. The molecule has 0 aliphatic carbocycles. The lowest BCUT2D eigenvalue weighted by molar-refractivity contribution is -0.138. The third-order valence-electron chi connectivity index (χ3n) is 2.76. The monoisotopic (exact) mass is 262 g/mol. The zero-order valence-electron chi connectivity index (χ0n) is 10.2. The van der Waals surface area contributed by atoms with Gasteiger partial charge in [0.1, 0.15) is 11.0 Å².